The van der Waals surface area contributed by atoms with E-state index in [1.807, 2.05) is 96.7 Å². The lowest BCUT2D eigenvalue weighted by Gasteiger charge is -2.18. The Labute approximate surface area is 221 Å². The third-order valence-corrected chi connectivity index (χ3v) is 7.28. The Morgan fingerprint density at radius 2 is 1.74 bits per heavy atom. The maximum Gasteiger partial charge on any atom is 0.291 e. The lowest BCUT2D eigenvalue weighted by atomic mass is 10.1. The van der Waals surface area contributed by atoms with Gasteiger partial charge in [-0.05, 0) is 49.4 Å². The molecule has 38 heavy (non-hydrogen) atoms. The Kier molecular flexibility index (Phi) is 5.29. The molecule has 0 unspecified atom stereocenters. The van der Waals surface area contributed by atoms with E-state index in [2.05, 4.69) is 10.1 Å². The molecule has 4 heterocycles. The van der Waals surface area contributed by atoms with E-state index in [9.17, 15) is 4.79 Å². The molecule has 7 rings (SSSR count). The summed E-state index contributed by atoms with van der Waals surface area (Å²) in [7, 11) is 0. The number of aromatic nitrogens is 5. The van der Waals surface area contributed by atoms with E-state index in [0.717, 1.165) is 33.6 Å². The average molecular weight is 520 g/mol. The molecule has 0 spiro atoms. The summed E-state index contributed by atoms with van der Waals surface area (Å²) in [6.45, 7) is 3.04. The highest BCUT2D eigenvalue weighted by molar-refractivity contribution is 7.15. The highest BCUT2D eigenvalue weighted by Gasteiger charge is 2.18. The smallest absolute Gasteiger partial charge is 0.291 e. The van der Waals surface area contributed by atoms with Crippen LogP contribution in [0.15, 0.2) is 83.8 Å². The van der Waals surface area contributed by atoms with E-state index in [0.29, 0.717) is 40.0 Å². The standard InChI is InChI=1S/C29H21N5O3S/c1-18-6-5-7-20(14-18)27-30-29-34(32-27)28(35)25(38-29)16-21-17-33(22-8-3-2-4-9-22)31-26(21)19-10-11-23-24(15-19)37-13-12-36-23/h2-11,14-17H,12-13H2,1H3/b25-16-. The third kappa shape index (κ3) is 3.93. The zero-order chi connectivity index (χ0) is 25.6. The molecular formula is C29H21N5O3S. The van der Waals surface area contributed by atoms with Crippen molar-refractivity contribution in [2.75, 3.05) is 13.2 Å². The molecule has 0 saturated carbocycles. The molecule has 6 aromatic rings. The van der Waals surface area contributed by atoms with Crippen LogP contribution in [0, 0.1) is 6.92 Å². The second kappa shape index (κ2) is 8.97. The fourth-order valence-electron chi connectivity index (χ4n) is 4.50. The van der Waals surface area contributed by atoms with Crippen molar-refractivity contribution in [3.63, 3.8) is 0 Å². The van der Waals surface area contributed by atoms with Gasteiger partial charge in [0, 0.05) is 22.9 Å². The van der Waals surface area contributed by atoms with Gasteiger partial charge in [-0.1, -0.05) is 53.3 Å². The molecule has 0 aliphatic carbocycles. The monoisotopic (exact) mass is 519 g/mol. The van der Waals surface area contributed by atoms with Crippen molar-refractivity contribution in [1.29, 1.82) is 0 Å². The molecule has 0 saturated heterocycles. The van der Waals surface area contributed by atoms with Gasteiger partial charge >= 0.3 is 0 Å². The van der Waals surface area contributed by atoms with E-state index in [1.54, 1.807) is 0 Å². The van der Waals surface area contributed by atoms with Crippen molar-refractivity contribution >= 4 is 22.4 Å². The normalized spacial score (nSPS) is 13.3. The molecule has 1 aliphatic rings. The molecule has 1 aliphatic heterocycles. The summed E-state index contributed by atoms with van der Waals surface area (Å²) in [4.78, 5) is 18.5. The minimum atomic E-state index is -0.211. The van der Waals surface area contributed by atoms with Gasteiger partial charge in [-0.25, -0.2) is 4.68 Å². The summed E-state index contributed by atoms with van der Waals surface area (Å²) in [5, 5.41) is 9.38. The summed E-state index contributed by atoms with van der Waals surface area (Å²) in [6.07, 6.45) is 3.78. The van der Waals surface area contributed by atoms with Crippen LogP contribution >= 0.6 is 11.3 Å². The number of fused-ring (bicyclic) bond motifs is 2. The van der Waals surface area contributed by atoms with Crippen LogP contribution in [0.3, 0.4) is 0 Å². The van der Waals surface area contributed by atoms with Gasteiger partial charge < -0.3 is 9.47 Å². The van der Waals surface area contributed by atoms with Crippen molar-refractivity contribution in [1.82, 2.24) is 24.4 Å². The zero-order valence-electron chi connectivity index (χ0n) is 20.4. The molecule has 3 aromatic heterocycles. The number of aryl methyl sites for hydroxylation is 1. The summed E-state index contributed by atoms with van der Waals surface area (Å²) in [5.41, 5.74) is 5.09. The molecular weight excluding hydrogens is 498 g/mol. The lowest BCUT2D eigenvalue weighted by molar-refractivity contribution is 0.171. The largest absolute Gasteiger partial charge is 0.486 e. The average Bonchev–Trinajstić information content (AvgIpc) is 3.64. The number of para-hydroxylation sites is 1. The molecule has 0 bridgehead atoms. The SMILES string of the molecule is Cc1cccc(-c2nc3s/c(=C\c4cn(-c5ccccc5)nc4-c4ccc5c(c4)OCCO5)c(=O)n3n2)c1. The van der Waals surface area contributed by atoms with Crippen molar-refractivity contribution < 1.29 is 9.47 Å². The second-order valence-electron chi connectivity index (χ2n) is 8.99. The van der Waals surface area contributed by atoms with E-state index < -0.39 is 0 Å². The summed E-state index contributed by atoms with van der Waals surface area (Å²) < 4.78 is 15.2. The summed E-state index contributed by atoms with van der Waals surface area (Å²) in [6, 6.07) is 23.6. The molecule has 0 N–H and O–H groups in total. The van der Waals surface area contributed by atoms with Crippen LogP contribution in [0.4, 0.5) is 0 Å². The van der Waals surface area contributed by atoms with Gasteiger partial charge in [0.05, 0.1) is 10.2 Å². The van der Waals surface area contributed by atoms with Crippen LogP contribution in [0.5, 0.6) is 11.5 Å². The number of thiazole rings is 1. The molecule has 9 heteroatoms. The van der Waals surface area contributed by atoms with Crippen LogP contribution in [-0.4, -0.2) is 37.6 Å². The van der Waals surface area contributed by atoms with Crippen molar-refractivity contribution in [2.24, 2.45) is 0 Å². The molecule has 3 aromatic carbocycles. The first-order valence-electron chi connectivity index (χ1n) is 12.2. The van der Waals surface area contributed by atoms with Crippen LogP contribution in [0.1, 0.15) is 11.1 Å². The summed E-state index contributed by atoms with van der Waals surface area (Å²) in [5.74, 6) is 1.93. The number of hydrogen-bond donors (Lipinski definition) is 0. The van der Waals surface area contributed by atoms with Crippen LogP contribution < -0.4 is 19.6 Å². The predicted molar refractivity (Wildman–Crippen MR) is 146 cm³/mol. The fourth-order valence-corrected chi connectivity index (χ4v) is 5.40. The Morgan fingerprint density at radius 3 is 2.55 bits per heavy atom. The Hall–Kier alpha value is -4.76. The van der Waals surface area contributed by atoms with E-state index in [1.165, 1.54) is 15.9 Å². The first-order valence-corrected chi connectivity index (χ1v) is 13.0. The first kappa shape index (κ1) is 22.4. The molecule has 0 radical (unpaired) electrons. The Balaban J connectivity index is 1.36. The fraction of sp³-hybridized carbons (Fsp3) is 0.103. The Morgan fingerprint density at radius 1 is 0.895 bits per heavy atom. The number of benzene rings is 3. The van der Waals surface area contributed by atoms with Crippen molar-refractivity contribution in [3.8, 4) is 39.8 Å². The molecule has 0 fully saturated rings. The molecule has 8 nitrogen and oxygen atoms in total. The van der Waals surface area contributed by atoms with Crippen molar-refractivity contribution in [3.05, 3.63) is 105 Å². The van der Waals surface area contributed by atoms with Gasteiger partial charge in [-0.2, -0.15) is 14.6 Å². The number of ether oxygens (including phenoxy) is 2. The van der Waals surface area contributed by atoms with Crippen LogP contribution in [0.2, 0.25) is 0 Å². The number of hydrogen-bond acceptors (Lipinski definition) is 7. The highest BCUT2D eigenvalue weighted by atomic mass is 32.1. The molecule has 0 amide bonds. The molecule has 186 valence electrons. The van der Waals surface area contributed by atoms with Gasteiger partial charge in [-0.3, -0.25) is 4.79 Å². The second-order valence-corrected chi connectivity index (χ2v) is 10.00. The van der Waals surface area contributed by atoms with Gasteiger partial charge in [0.1, 0.15) is 18.9 Å². The number of nitrogens with zero attached hydrogens (tertiary/aromatic N) is 5. The van der Waals surface area contributed by atoms with Crippen LogP contribution in [-0.2, 0) is 0 Å². The van der Waals surface area contributed by atoms with Gasteiger partial charge in [0.2, 0.25) is 4.96 Å². The van der Waals surface area contributed by atoms with E-state index >= 15 is 0 Å². The minimum Gasteiger partial charge on any atom is -0.486 e. The molecule has 0 atom stereocenters. The van der Waals surface area contributed by atoms with Crippen molar-refractivity contribution in [2.45, 2.75) is 6.92 Å². The lowest BCUT2D eigenvalue weighted by Crippen LogP contribution is -2.23. The zero-order valence-corrected chi connectivity index (χ0v) is 21.2. The van der Waals surface area contributed by atoms with E-state index in [4.69, 9.17) is 14.6 Å². The maximum absolute atomic E-state index is 13.3. The van der Waals surface area contributed by atoms with Gasteiger partial charge in [0.15, 0.2) is 17.3 Å². The first-order chi connectivity index (χ1) is 18.6. The third-order valence-electron chi connectivity index (χ3n) is 6.32. The quantitative estimate of drug-likeness (QED) is 0.345. The maximum atomic E-state index is 13.3. The van der Waals surface area contributed by atoms with Crippen LogP contribution in [0.25, 0.3) is 39.4 Å². The highest BCUT2D eigenvalue weighted by Crippen LogP contribution is 2.35. The minimum absolute atomic E-state index is 0.211. The summed E-state index contributed by atoms with van der Waals surface area (Å²) >= 11 is 1.31. The predicted octanol–water partition coefficient (Wildman–Crippen LogP) is 4.30. The van der Waals surface area contributed by atoms with Gasteiger partial charge in [0.25, 0.3) is 5.56 Å². The van der Waals surface area contributed by atoms with Gasteiger partial charge in [-0.15, -0.1) is 5.10 Å². The Bertz CT molecular complexity index is 1920. The van der Waals surface area contributed by atoms with E-state index in [-0.39, 0.29) is 5.56 Å². The number of rotatable bonds is 4. The topological polar surface area (TPSA) is 83.5 Å².